The van der Waals surface area contributed by atoms with Gasteiger partial charge in [-0.3, -0.25) is 4.79 Å². The molecule has 1 fully saturated rings. The van der Waals surface area contributed by atoms with E-state index in [1.165, 1.54) is 5.56 Å². The van der Waals surface area contributed by atoms with Gasteiger partial charge in [0.25, 0.3) is 0 Å². The van der Waals surface area contributed by atoms with Crippen molar-refractivity contribution in [2.45, 2.75) is 37.5 Å². The summed E-state index contributed by atoms with van der Waals surface area (Å²) in [5.41, 5.74) is 3.03. The molecule has 5 heteroatoms. The van der Waals surface area contributed by atoms with Crippen molar-refractivity contribution in [3.63, 3.8) is 0 Å². The Balaban J connectivity index is 1.69. The molecule has 0 N–H and O–H groups in total. The number of nitrogens with zero attached hydrogens (tertiary/aromatic N) is 1. The van der Waals surface area contributed by atoms with Crippen LogP contribution < -0.4 is 0 Å². The minimum atomic E-state index is -3.57. The highest BCUT2D eigenvalue weighted by Crippen LogP contribution is 2.46. The zero-order valence-corrected chi connectivity index (χ0v) is 16.9. The molecule has 28 heavy (non-hydrogen) atoms. The Bertz CT molecular complexity index is 1010. The average molecular weight is 396 g/mol. The summed E-state index contributed by atoms with van der Waals surface area (Å²) >= 11 is 0. The van der Waals surface area contributed by atoms with Gasteiger partial charge < -0.3 is 0 Å². The van der Waals surface area contributed by atoms with Crippen LogP contribution in [-0.4, -0.2) is 31.6 Å². The summed E-state index contributed by atoms with van der Waals surface area (Å²) in [6.45, 7) is 2.70. The van der Waals surface area contributed by atoms with Crippen LogP contribution in [-0.2, 0) is 21.2 Å². The minimum absolute atomic E-state index is 0.254. The zero-order valence-electron chi connectivity index (χ0n) is 16.1. The van der Waals surface area contributed by atoms with Gasteiger partial charge in [0.15, 0.2) is 0 Å². The van der Waals surface area contributed by atoms with Crippen LogP contribution in [0.2, 0.25) is 0 Å². The number of carbonyl (C=O) groups is 1. The molecule has 1 heterocycles. The summed E-state index contributed by atoms with van der Waals surface area (Å²) in [4.78, 5) is 12.4. The fraction of sp³-hybridized carbons (Fsp3) is 0.348. The Kier molecular flexibility index (Phi) is 4.98. The first-order valence-corrected chi connectivity index (χ1v) is 11.2. The van der Waals surface area contributed by atoms with Gasteiger partial charge in [-0.15, -0.1) is 0 Å². The Labute approximate surface area is 166 Å². The molecule has 0 amide bonds. The first-order chi connectivity index (χ1) is 13.4. The fourth-order valence-corrected chi connectivity index (χ4v) is 5.86. The van der Waals surface area contributed by atoms with E-state index in [-0.39, 0.29) is 11.2 Å². The first-order valence-electron chi connectivity index (χ1n) is 9.71. The Morgan fingerprint density at radius 1 is 1.04 bits per heavy atom. The number of carbonyl (C=O) groups excluding carboxylic acids is 1. The molecule has 0 bridgehead atoms. The van der Waals surface area contributed by atoms with Crippen molar-refractivity contribution in [1.29, 1.82) is 0 Å². The van der Waals surface area contributed by atoms with Crippen molar-refractivity contribution in [3.05, 3.63) is 77.4 Å². The van der Waals surface area contributed by atoms with Gasteiger partial charge in [0.2, 0.25) is 10.0 Å². The largest absolute Gasteiger partial charge is 0.299 e. The van der Waals surface area contributed by atoms with Crippen LogP contribution in [0.4, 0.5) is 0 Å². The number of Topliss-reactive ketones (excluding diaryl/α,β-unsaturated/α-hetero) is 1. The number of rotatable bonds is 4. The molecule has 0 spiro atoms. The molecule has 4 rings (SSSR count). The molecule has 0 aromatic heterocycles. The van der Waals surface area contributed by atoms with Crippen molar-refractivity contribution in [3.8, 4) is 0 Å². The van der Waals surface area contributed by atoms with E-state index in [1.54, 1.807) is 16.4 Å². The summed E-state index contributed by atoms with van der Waals surface area (Å²) < 4.78 is 28.1. The second-order valence-corrected chi connectivity index (χ2v) is 9.94. The van der Waals surface area contributed by atoms with E-state index in [0.717, 1.165) is 17.6 Å². The van der Waals surface area contributed by atoms with Gasteiger partial charge in [0.05, 0.1) is 4.90 Å². The van der Waals surface area contributed by atoms with E-state index in [1.807, 2.05) is 43.3 Å². The maximum Gasteiger partial charge on any atom is 0.243 e. The molecule has 1 aliphatic heterocycles. The molecule has 1 saturated carbocycles. The minimum Gasteiger partial charge on any atom is -0.299 e. The van der Waals surface area contributed by atoms with Crippen molar-refractivity contribution >= 4 is 15.8 Å². The molecule has 1 unspecified atom stereocenters. The Morgan fingerprint density at radius 2 is 1.75 bits per heavy atom. The zero-order chi connectivity index (χ0) is 19.8. The van der Waals surface area contributed by atoms with E-state index in [2.05, 4.69) is 12.1 Å². The lowest BCUT2D eigenvalue weighted by molar-refractivity contribution is -0.120. The smallest absolute Gasteiger partial charge is 0.243 e. The standard InChI is InChI=1S/C23H25NO3S/c1-18-7-9-22(10-8-18)28(26,27)24-14-12-20-15-21(25)11-13-23(20,17-24)16-19-5-3-2-4-6-19/h2-10,12H,11,13-17H2,1H3. The molecule has 2 aliphatic rings. The van der Waals surface area contributed by atoms with Crippen LogP contribution in [0.25, 0.3) is 0 Å². The lowest BCUT2D eigenvalue weighted by Crippen LogP contribution is -2.49. The summed E-state index contributed by atoms with van der Waals surface area (Å²) in [5, 5.41) is 0. The van der Waals surface area contributed by atoms with Crippen molar-refractivity contribution in [2.24, 2.45) is 5.41 Å². The van der Waals surface area contributed by atoms with Gasteiger partial charge in [-0.2, -0.15) is 4.31 Å². The van der Waals surface area contributed by atoms with Crippen LogP contribution in [0.5, 0.6) is 0 Å². The first kappa shape index (κ1) is 19.1. The van der Waals surface area contributed by atoms with Crippen molar-refractivity contribution < 1.29 is 13.2 Å². The van der Waals surface area contributed by atoms with Crippen LogP contribution in [0.3, 0.4) is 0 Å². The van der Waals surface area contributed by atoms with Crippen LogP contribution >= 0.6 is 0 Å². The van der Waals surface area contributed by atoms with Crippen molar-refractivity contribution in [1.82, 2.24) is 4.31 Å². The highest BCUT2D eigenvalue weighted by Gasteiger charge is 2.45. The lowest BCUT2D eigenvalue weighted by atomic mass is 9.65. The SMILES string of the molecule is Cc1ccc(S(=O)(=O)N2CC=C3CC(=O)CCC3(Cc3ccccc3)C2)cc1. The number of hydrogen-bond donors (Lipinski definition) is 0. The summed E-state index contributed by atoms with van der Waals surface area (Å²) in [7, 11) is -3.57. The van der Waals surface area contributed by atoms with Gasteiger partial charge in [-0.25, -0.2) is 8.42 Å². The molecule has 146 valence electrons. The number of benzene rings is 2. The maximum absolute atomic E-state index is 13.3. The molecule has 4 nitrogen and oxygen atoms in total. The second-order valence-electron chi connectivity index (χ2n) is 8.00. The van der Waals surface area contributed by atoms with E-state index < -0.39 is 10.0 Å². The molecule has 0 radical (unpaired) electrons. The second kappa shape index (κ2) is 7.30. The van der Waals surface area contributed by atoms with Gasteiger partial charge in [-0.05, 0) is 37.5 Å². The molecular formula is C23H25NO3S. The van der Waals surface area contributed by atoms with Crippen LogP contribution in [0.1, 0.15) is 30.4 Å². The van der Waals surface area contributed by atoms with Gasteiger partial charge in [-0.1, -0.05) is 59.7 Å². The Hall–Kier alpha value is -2.24. The monoisotopic (exact) mass is 395 g/mol. The van der Waals surface area contributed by atoms with E-state index in [9.17, 15) is 13.2 Å². The average Bonchev–Trinajstić information content (AvgIpc) is 2.69. The molecule has 1 aliphatic carbocycles. The maximum atomic E-state index is 13.3. The number of ketones is 1. The molecule has 1 atom stereocenters. The predicted molar refractivity (Wildman–Crippen MR) is 109 cm³/mol. The predicted octanol–water partition coefficient (Wildman–Crippen LogP) is 3.91. The third-order valence-corrected chi connectivity index (χ3v) is 7.84. The quantitative estimate of drug-likeness (QED) is 0.738. The normalized spacial score (nSPS) is 23.2. The fourth-order valence-electron chi connectivity index (χ4n) is 4.40. The summed E-state index contributed by atoms with van der Waals surface area (Å²) in [6, 6.07) is 17.2. The number of aryl methyl sites for hydroxylation is 1. The third-order valence-electron chi connectivity index (χ3n) is 6.02. The highest BCUT2D eigenvalue weighted by molar-refractivity contribution is 7.89. The molecule has 2 aromatic carbocycles. The topological polar surface area (TPSA) is 54.5 Å². The van der Waals surface area contributed by atoms with E-state index in [4.69, 9.17) is 0 Å². The van der Waals surface area contributed by atoms with E-state index in [0.29, 0.717) is 37.2 Å². The number of fused-ring (bicyclic) bond motifs is 1. The molecule has 2 aromatic rings. The third kappa shape index (κ3) is 3.56. The number of sulfonamides is 1. The van der Waals surface area contributed by atoms with Crippen LogP contribution in [0.15, 0.2) is 71.1 Å². The number of hydrogen-bond acceptors (Lipinski definition) is 3. The van der Waals surface area contributed by atoms with Crippen molar-refractivity contribution in [2.75, 3.05) is 13.1 Å². The van der Waals surface area contributed by atoms with E-state index >= 15 is 0 Å². The summed E-state index contributed by atoms with van der Waals surface area (Å²) in [6.07, 6.45) is 4.41. The van der Waals surface area contributed by atoms with Gasteiger partial charge >= 0.3 is 0 Å². The Morgan fingerprint density at radius 3 is 2.46 bits per heavy atom. The van der Waals surface area contributed by atoms with Gasteiger partial charge in [0.1, 0.15) is 5.78 Å². The molecule has 0 saturated heterocycles. The van der Waals surface area contributed by atoms with Crippen LogP contribution in [0, 0.1) is 12.3 Å². The molecular weight excluding hydrogens is 370 g/mol. The van der Waals surface area contributed by atoms with Gasteiger partial charge in [0, 0.05) is 31.3 Å². The lowest BCUT2D eigenvalue weighted by Gasteiger charge is -2.45. The summed E-state index contributed by atoms with van der Waals surface area (Å²) in [5.74, 6) is 0.254. The highest BCUT2D eigenvalue weighted by atomic mass is 32.2.